The highest BCUT2D eigenvalue weighted by Gasteiger charge is 2.30. The van der Waals surface area contributed by atoms with Crippen molar-refractivity contribution in [3.05, 3.63) is 12.2 Å². The second kappa shape index (κ2) is 17.5. The van der Waals surface area contributed by atoms with E-state index in [4.69, 9.17) is 0 Å². The minimum Gasteiger partial charge on any atom is -0.481 e. The first-order valence-electron chi connectivity index (χ1n) is 12.6. The summed E-state index contributed by atoms with van der Waals surface area (Å²) < 4.78 is 0. The maximum Gasteiger partial charge on any atom is 0.307 e. The molecule has 0 amide bonds. The summed E-state index contributed by atoms with van der Waals surface area (Å²) in [5, 5.41) is 9.88. The molecule has 1 N–H and O–H groups in total. The van der Waals surface area contributed by atoms with Gasteiger partial charge in [0.25, 0.3) is 0 Å². The van der Waals surface area contributed by atoms with E-state index in [-0.39, 0.29) is 17.3 Å². The Bertz CT molecular complexity index is 473. The summed E-state index contributed by atoms with van der Waals surface area (Å²) in [4.78, 5) is 23.4. The second-order valence-corrected chi connectivity index (χ2v) is 10.2. The Morgan fingerprint density at radius 2 is 1.47 bits per heavy atom. The van der Waals surface area contributed by atoms with Crippen LogP contribution in [0.1, 0.15) is 131 Å². The lowest BCUT2D eigenvalue weighted by Gasteiger charge is -2.28. The van der Waals surface area contributed by atoms with Gasteiger partial charge in [0, 0.05) is 12.8 Å². The zero-order valence-corrected chi connectivity index (χ0v) is 20.7. The number of aliphatic carboxylic acids is 1. The number of hydrogen-bond acceptors (Lipinski definition) is 2. The van der Waals surface area contributed by atoms with Crippen LogP contribution in [0.4, 0.5) is 0 Å². The molecule has 2 unspecified atom stereocenters. The smallest absolute Gasteiger partial charge is 0.307 e. The highest BCUT2D eigenvalue weighted by molar-refractivity contribution is 5.77. The summed E-state index contributed by atoms with van der Waals surface area (Å²) in [7, 11) is 0. The summed E-state index contributed by atoms with van der Waals surface area (Å²) in [5.41, 5.74) is 0.0200. The van der Waals surface area contributed by atoms with Gasteiger partial charge in [0.15, 0.2) is 0 Å². The van der Waals surface area contributed by atoms with E-state index in [0.717, 1.165) is 57.8 Å². The highest BCUT2D eigenvalue weighted by Crippen LogP contribution is 2.33. The average Bonchev–Trinajstić information content (AvgIpc) is 2.68. The lowest BCUT2D eigenvalue weighted by molar-refractivity contribution is -0.144. The van der Waals surface area contributed by atoms with E-state index in [0.29, 0.717) is 12.2 Å². The van der Waals surface area contributed by atoms with Gasteiger partial charge in [0.1, 0.15) is 5.78 Å². The van der Waals surface area contributed by atoms with Crippen LogP contribution in [0.15, 0.2) is 12.2 Å². The minimum absolute atomic E-state index is 0.0200. The van der Waals surface area contributed by atoms with Crippen molar-refractivity contribution >= 4 is 11.8 Å². The summed E-state index contributed by atoms with van der Waals surface area (Å²) in [6.45, 7) is 10.6. The zero-order chi connectivity index (χ0) is 22.8. The van der Waals surface area contributed by atoms with Crippen LogP contribution >= 0.6 is 0 Å². The molecule has 0 aliphatic heterocycles. The van der Waals surface area contributed by atoms with Crippen molar-refractivity contribution in [1.29, 1.82) is 0 Å². The monoisotopic (exact) mass is 422 g/mol. The molecule has 0 aliphatic rings. The third kappa shape index (κ3) is 16.7. The number of rotatable bonds is 19. The quantitative estimate of drug-likeness (QED) is 0.168. The molecule has 176 valence electrons. The lowest BCUT2D eigenvalue weighted by atomic mass is 9.76. The fourth-order valence-electron chi connectivity index (χ4n) is 4.06. The summed E-state index contributed by atoms with van der Waals surface area (Å²) in [6, 6.07) is 0. The van der Waals surface area contributed by atoms with Gasteiger partial charge in [0.2, 0.25) is 0 Å². The van der Waals surface area contributed by atoms with Crippen molar-refractivity contribution < 1.29 is 14.7 Å². The molecule has 0 aliphatic carbocycles. The molecular formula is C27H50O3. The molecule has 30 heavy (non-hydrogen) atoms. The van der Waals surface area contributed by atoms with E-state index in [1.807, 2.05) is 6.92 Å². The van der Waals surface area contributed by atoms with Gasteiger partial charge >= 0.3 is 5.97 Å². The summed E-state index contributed by atoms with van der Waals surface area (Å²) >= 11 is 0. The number of ketones is 1. The first-order chi connectivity index (χ1) is 14.2. The molecule has 0 aromatic carbocycles. The molecule has 0 heterocycles. The third-order valence-electron chi connectivity index (χ3n) is 5.91. The maximum absolute atomic E-state index is 12.0. The Morgan fingerprint density at radius 3 is 2.07 bits per heavy atom. The van der Waals surface area contributed by atoms with E-state index in [1.165, 1.54) is 32.1 Å². The van der Waals surface area contributed by atoms with Gasteiger partial charge in [0.05, 0.1) is 5.92 Å². The Hall–Kier alpha value is -1.12. The van der Waals surface area contributed by atoms with E-state index in [9.17, 15) is 14.7 Å². The summed E-state index contributed by atoms with van der Waals surface area (Å²) in [6.07, 6.45) is 20.4. The lowest BCUT2D eigenvalue weighted by Crippen LogP contribution is -2.27. The van der Waals surface area contributed by atoms with Crippen LogP contribution in [0.2, 0.25) is 0 Å². The zero-order valence-electron chi connectivity index (χ0n) is 20.7. The molecule has 3 nitrogen and oxygen atoms in total. The van der Waals surface area contributed by atoms with Gasteiger partial charge in [-0.3, -0.25) is 9.59 Å². The van der Waals surface area contributed by atoms with E-state index >= 15 is 0 Å². The molecule has 2 atom stereocenters. The predicted molar refractivity (Wildman–Crippen MR) is 129 cm³/mol. The number of hydrogen-bond donors (Lipinski definition) is 1. The normalized spacial score (nSPS) is 14.2. The fraction of sp³-hybridized carbons (Fsp3) is 0.852. The van der Waals surface area contributed by atoms with Crippen LogP contribution in [-0.4, -0.2) is 16.9 Å². The standard InChI is InChI=1S/C27H50O3/c1-6-8-9-10-13-16-19-23(25(26(29)30)22-27(3,4)5)20-17-14-11-12-15-18-21-24(28)7-2/h17,20,23,25H,6-16,18-19,21-22H2,1-5H3,(H,29,30)/b20-17+. The van der Waals surface area contributed by atoms with Crippen molar-refractivity contribution in [3.63, 3.8) is 0 Å². The molecule has 3 heteroatoms. The van der Waals surface area contributed by atoms with Gasteiger partial charge in [-0.1, -0.05) is 98.1 Å². The van der Waals surface area contributed by atoms with Crippen LogP contribution < -0.4 is 0 Å². The molecule has 0 radical (unpaired) electrons. The number of allylic oxidation sites excluding steroid dienone is 2. The molecule has 0 aromatic rings. The summed E-state index contributed by atoms with van der Waals surface area (Å²) in [5.74, 6) is -0.441. The molecule has 0 spiro atoms. The molecule has 0 aromatic heterocycles. The van der Waals surface area contributed by atoms with Crippen LogP contribution in [0, 0.1) is 17.3 Å². The maximum atomic E-state index is 12.0. The van der Waals surface area contributed by atoms with Gasteiger partial charge < -0.3 is 5.11 Å². The van der Waals surface area contributed by atoms with Crippen LogP contribution in [-0.2, 0) is 9.59 Å². The third-order valence-corrected chi connectivity index (χ3v) is 5.91. The molecule has 0 rings (SSSR count). The Balaban J connectivity index is 4.56. The fourth-order valence-corrected chi connectivity index (χ4v) is 4.06. The Kier molecular flexibility index (Phi) is 16.9. The average molecular weight is 423 g/mol. The van der Waals surface area contributed by atoms with Crippen molar-refractivity contribution in [2.45, 2.75) is 131 Å². The number of carbonyl (C=O) groups is 2. The number of Topliss-reactive ketones (excluding diaryl/α,β-unsaturated/α-hetero) is 1. The molecule has 0 saturated carbocycles. The second-order valence-electron chi connectivity index (χ2n) is 10.2. The predicted octanol–water partition coefficient (Wildman–Crippen LogP) is 8.37. The van der Waals surface area contributed by atoms with Gasteiger partial charge in [-0.15, -0.1) is 0 Å². The minimum atomic E-state index is -0.647. The van der Waals surface area contributed by atoms with Crippen LogP contribution in [0.3, 0.4) is 0 Å². The topological polar surface area (TPSA) is 54.4 Å². The molecule has 0 bridgehead atoms. The first kappa shape index (κ1) is 28.9. The first-order valence-corrected chi connectivity index (χ1v) is 12.6. The van der Waals surface area contributed by atoms with Crippen molar-refractivity contribution in [1.82, 2.24) is 0 Å². The number of unbranched alkanes of at least 4 members (excludes halogenated alkanes) is 9. The van der Waals surface area contributed by atoms with Crippen molar-refractivity contribution in [2.24, 2.45) is 17.3 Å². The molecular weight excluding hydrogens is 372 g/mol. The van der Waals surface area contributed by atoms with Gasteiger partial charge in [-0.2, -0.15) is 0 Å². The molecule has 0 saturated heterocycles. The SMILES string of the molecule is CCCCCCCCC(/C=C/CCCCCCC(=O)CC)C(CC(C)(C)C)C(=O)O. The van der Waals surface area contributed by atoms with E-state index in [1.54, 1.807) is 0 Å². The number of carboxylic acids is 1. The number of carbonyl (C=O) groups excluding carboxylic acids is 1. The van der Waals surface area contributed by atoms with Crippen LogP contribution in [0.25, 0.3) is 0 Å². The van der Waals surface area contributed by atoms with Gasteiger partial charge in [-0.05, 0) is 43.4 Å². The highest BCUT2D eigenvalue weighted by atomic mass is 16.4. The Morgan fingerprint density at radius 1 is 0.867 bits per heavy atom. The van der Waals surface area contributed by atoms with Crippen LogP contribution in [0.5, 0.6) is 0 Å². The Labute approximate surface area is 187 Å². The van der Waals surface area contributed by atoms with E-state index < -0.39 is 5.97 Å². The van der Waals surface area contributed by atoms with Crippen molar-refractivity contribution in [2.75, 3.05) is 0 Å². The van der Waals surface area contributed by atoms with E-state index in [2.05, 4.69) is 39.8 Å². The number of carboxylic acid groups (broad SMARTS) is 1. The molecule has 0 fully saturated rings. The largest absolute Gasteiger partial charge is 0.481 e. The van der Waals surface area contributed by atoms with Gasteiger partial charge in [-0.25, -0.2) is 0 Å². The van der Waals surface area contributed by atoms with Crippen molar-refractivity contribution in [3.8, 4) is 0 Å².